The molecule has 0 fully saturated rings. The summed E-state index contributed by atoms with van der Waals surface area (Å²) in [5, 5.41) is 2.77. The second-order valence-corrected chi connectivity index (χ2v) is 4.50. The standard InChI is InChI=1S/C18H17NO3/c1-2-22-17(20)13-16(14-9-5-3-6-10-14)18(21)19-15-11-7-4-8-12-15/h3-13H,2H2,1H3,(H,19,21)/b16-13+. The van der Waals surface area contributed by atoms with Crippen LogP contribution in [-0.2, 0) is 14.3 Å². The fourth-order valence-corrected chi connectivity index (χ4v) is 1.92. The Labute approximate surface area is 129 Å². The van der Waals surface area contributed by atoms with Crippen molar-refractivity contribution in [3.63, 3.8) is 0 Å². The number of anilines is 1. The molecule has 0 spiro atoms. The molecule has 0 aliphatic carbocycles. The number of para-hydroxylation sites is 1. The van der Waals surface area contributed by atoms with Crippen LogP contribution in [0.4, 0.5) is 5.69 Å². The van der Waals surface area contributed by atoms with Gasteiger partial charge in [-0.3, -0.25) is 4.79 Å². The van der Waals surface area contributed by atoms with Crippen molar-refractivity contribution < 1.29 is 14.3 Å². The first-order chi connectivity index (χ1) is 10.7. The zero-order valence-electron chi connectivity index (χ0n) is 12.3. The van der Waals surface area contributed by atoms with E-state index in [2.05, 4.69) is 5.32 Å². The van der Waals surface area contributed by atoms with Gasteiger partial charge in [-0.25, -0.2) is 4.79 Å². The molecule has 0 heterocycles. The van der Waals surface area contributed by atoms with Crippen molar-refractivity contribution in [1.29, 1.82) is 0 Å². The van der Waals surface area contributed by atoms with Crippen molar-refractivity contribution in [3.05, 3.63) is 72.3 Å². The number of amides is 1. The molecule has 1 amide bonds. The van der Waals surface area contributed by atoms with E-state index in [-0.39, 0.29) is 18.1 Å². The molecule has 0 unspecified atom stereocenters. The first-order valence-electron chi connectivity index (χ1n) is 7.01. The second kappa shape index (κ2) is 7.78. The van der Waals surface area contributed by atoms with Gasteiger partial charge in [0, 0.05) is 11.8 Å². The predicted molar refractivity (Wildman–Crippen MR) is 86.1 cm³/mol. The van der Waals surface area contributed by atoms with E-state index >= 15 is 0 Å². The van der Waals surface area contributed by atoms with Crippen LogP contribution in [0.2, 0.25) is 0 Å². The van der Waals surface area contributed by atoms with Crippen molar-refractivity contribution in [1.82, 2.24) is 0 Å². The van der Waals surface area contributed by atoms with Crippen molar-refractivity contribution in [2.75, 3.05) is 11.9 Å². The first kappa shape index (κ1) is 15.5. The van der Waals surface area contributed by atoms with E-state index in [9.17, 15) is 9.59 Å². The van der Waals surface area contributed by atoms with Gasteiger partial charge in [0.1, 0.15) is 0 Å². The number of carbonyl (C=O) groups excluding carboxylic acids is 2. The van der Waals surface area contributed by atoms with Crippen LogP contribution in [0.1, 0.15) is 12.5 Å². The number of hydrogen-bond acceptors (Lipinski definition) is 3. The van der Waals surface area contributed by atoms with Crippen LogP contribution in [0.15, 0.2) is 66.7 Å². The van der Waals surface area contributed by atoms with Crippen LogP contribution in [0.3, 0.4) is 0 Å². The van der Waals surface area contributed by atoms with Crippen molar-refractivity contribution in [2.45, 2.75) is 6.92 Å². The molecule has 0 bridgehead atoms. The third kappa shape index (κ3) is 4.31. The Morgan fingerprint density at radius 2 is 1.59 bits per heavy atom. The minimum Gasteiger partial charge on any atom is -0.463 e. The fraction of sp³-hybridized carbons (Fsp3) is 0.111. The highest BCUT2D eigenvalue weighted by atomic mass is 16.5. The minimum atomic E-state index is -0.537. The summed E-state index contributed by atoms with van der Waals surface area (Å²) in [5.41, 5.74) is 1.59. The van der Waals surface area contributed by atoms with Crippen LogP contribution in [-0.4, -0.2) is 18.5 Å². The van der Waals surface area contributed by atoms with E-state index in [0.717, 1.165) is 0 Å². The highest BCUT2D eigenvalue weighted by Crippen LogP contribution is 2.17. The lowest BCUT2D eigenvalue weighted by atomic mass is 10.0. The van der Waals surface area contributed by atoms with E-state index in [0.29, 0.717) is 11.3 Å². The Kier molecular flexibility index (Phi) is 5.49. The molecule has 0 radical (unpaired) electrons. The van der Waals surface area contributed by atoms with Gasteiger partial charge in [-0.1, -0.05) is 48.5 Å². The van der Waals surface area contributed by atoms with Gasteiger partial charge in [-0.15, -0.1) is 0 Å². The predicted octanol–water partition coefficient (Wildman–Crippen LogP) is 3.27. The number of rotatable bonds is 5. The molecule has 2 aromatic carbocycles. The van der Waals surface area contributed by atoms with E-state index in [1.54, 1.807) is 31.2 Å². The monoisotopic (exact) mass is 295 g/mol. The van der Waals surface area contributed by atoms with E-state index in [1.165, 1.54) is 6.08 Å². The van der Waals surface area contributed by atoms with E-state index in [4.69, 9.17) is 4.74 Å². The van der Waals surface area contributed by atoms with Gasteiger partial charge < -0.3 is 10.1 Å². The number of nitrogens with one attached hydrogen (secondary N) is 1. The number of ether oxygens (including phenoxy) is 1. The summed E-state index contributed by atoms with van der Waals surface area (Å²) in [4.78, 5) is 24.2. The summed E-state index contributed by atoms with van der Waals surface area (Å²) in [6.45, 7) is 1.98. The zero-order chi connectivity index (χ0) is 15.8. The molecule has 0 aliphatic rings. The summed E-state index contributed by atoms with van der Waals surface area (Å²) in [6, 6.07) is 18.1. The number of hydrogen-bond donors (Lipinski definition) is 1. The highest BCUT2D eigenvalue weighted by molar-refractivity contribution is 6.27. The molecule has 1 N–H and O–H groups in total. The van der Waals surface area contributed by atoms with Gasteiger partial charge >= 0.3 is 5.97 Å². The van der Waals surface area contributed by atoms with Crippen LogP contribution in [0, 0.1) is 0 Å². The number of benzene rings is 2. The van der Waals surface area contributed by atoms with Gasteiger partial charge in [-0.05, 0) is 24.6 Å². The molecule has 0 saturated heterocycles. The summed E-state index contributed by atoms with van der Waals surface area (Å²) >= 11 is 0. The van der Waals surface area contributed by atoms with Crippen molar-refractivity contribution in [3.8, 4) is 0 Å². The topological polar surface area (TPSA) is 55.4 Å². The van der Waals surface area contributed by atoms with Gasteiger partial charge in [0.05, 0.1) is 12.2 Å². The van der Waals surface area contributed by atoms with Gasteiger partial charge in [-0.2, -0.15) is 0 Å². The molecule has 0 aromatic heterocycles. The molecule has 0 saturated carbocycles. The summed E-state index contributed by atoms with van der Waals surface area (Å²) in [7, 11) is 0. The lowest BCUT2D eigenvalue weighted by Crippen LogP contribution is -2.15. The van der Waals surface area contributed by atoms with Gasteiger partial charge in [0.15, 0.2) is 0 Å². The molecule has 22 heavy (non-hydrogen) atoms. The molecule has 4 nitrogen and oxygen atoms in total. The second-order valence-electron chi connectivity index (χ2n) is 4.50. The zero-order valence-corrected chi connectivity index (χ0v) is 12.3. The molecule has 112 valence electrons. The van der Waals surface area contributed by atoms with E-state index < -0.39 is 5.97 Å². The molecule has 4 heteroatoms. The maximum atomic E-state index is 12.5. The summed E-state index contributed by atoms with van der Waals surface area (Å²) in [5.74, 6) is -0.894. The lowest BCUT2D eigenvalue weighted by molar-refractivity contribution is -0.137. The highest BCUT2D eigenvalue weighted by Gasteiger charge is 2.14. The van der Waals surface area contributed by atoms with Gasteiger partial charge in [0.2, 0.25) is 0 Å². The third-order valence-electron chi connectivity index (χ3n) is 2.91. The molecule has 0 aliphatic heterocycles. The van der Waals surface area contributed by atoms with Gasteiger partial charge in [0.25, 0.3) is 5.91 Å². The minimum absolute atomic E-state index is 0.262. The van der Waals surface area contributed by atoms with E-state index in [1.807, 2.05) is 36.4 Å². The maximum absolute atomic E-state index is 12.5. The van der Waals surface area contributed by atoms with Crippen LogP contribution in [0.5, 0.6) is 0 Å². The normalized spacial score (nSPS) is 10.9. The average Bonchev–Trinajstić information content (AvgIpc) is 2.54. The first-order valence-corrected chi connectivity index (χ1v) is 7.01. The molecule has 2 rings (SSSR count). The Morgan fingerprint density at radius 3 is 2.18 bits per heavy atom. The Hall–Kier alpha value is -2.88. The Balaban J connectivity index is 2.28. The molecule has 0 atom stereocenters. The average molecular weight is 295 g/mol. The quantitative estimate of drug-likeness (QED) is 0.680. The maximum Gasteiger partial charge on any atom is 0.331 e. The number of carbonyl (C=O) groups is 2. The summed E-state index contributed by atoms with van der Waals surface area (Å²) < 4.78 is 4.90. The summed E-state index contributed by atoms with van der Waals surface area (Å²) in [6.07, 6.45) is 1.22. The molecular weight excluding hydrogens is 278 g/mol. The number of esters is 1. The molecule has 2 aromatic rings. The Morgan fingerprint density at radius 1 is 1.00 bits per heavy atom. The largest absolute Gasteiger partial charge is 0.463 e. The van der Waals surface area contributed by atoms with Crippen molar-refractivity contribution in [2.24, 2.45) is 0 Å². The molecular formula is C18H17NO3. The van der Waals surface area contributed by atoms with Crippen LogP contribution < -0.4 is 5.32 Å². The van der Waals surface area contributed by atoms with Crippen molar-refractivity contribution >= 4 is 23.1 Å². The SMILES string of the molecule is CCOC(=O)/C=C(/C(=O)Nc1ccccc1)c1ccccc1. The van der Waals surface area contributed by atoms with Crippen LogP contribution >= 0.6 is 0 Å². The smallest absolute Gasteiger partial charge is 0.331 e. The third-order valence-corrected chi connectivity index (χ3v) is 2.91. The fourth-order valence-electron chi connectivity index (χ4n) is 1.92. The van der Waals surface area contributed by atoms with Crippen LogP contribution in [0.25, 0.3) is 5.57 Å². The Bertz CT molecular complexity index is 663. The lowest BCUT2D eigenvalue weighted by Gasteiger charge is -2.09.